The van der Waals surface area contributed by atoms with Gasteiger partial charge in [-0.15, -0.1) is 0 Å². The van der Waals surface area contributed by atoms with Crippen molar-refractivity contribution in [2.45, 2.75) is 320 Å². The Bertz CT molecular complexity index is 1370. The van der Waals surface area contributed by atoms with E-state index in [9.17, 15) is 35.1 Å². The van der Waals surface area contributed by atoms with Crippen LogP contribution in [-0.4, -0.2) is 100 Å². The Balaban J connectivity index is 2.00. The fourth-order valence-electron chi connectivity index (χ4n) is 9.44. The molecule has 0 aromatic heterocycles. The van der Waals surface area contributed by atoms with Gasteiger partial charge in [0.15, 0.2) is 6.29 Å². The van der Waals surface area contributed by atoms with Crippen LogP contribution in [0.3, 0.4) is 0 Å². The standard InChI is InChI=1S/C63H115NO10/c1-3-5-7-9-11-13-14-15-24-28-31-35-39-43-47-51-59(68)72-52-48-44-40-36-32-29-26-23-21-19-17-16-18-20-22-25-27-30-34-38-42-46-50-58(67)64-55(56(66)49-45-41-37-33-12-10-8-6-4-2)54-73-63-62(71)61(70)60(69)57(53-65)74-63/h12,15,18,20,24,33,45,49,55-57,60-63,65-66,69-71H,3-11,13-14,16-17,19,21-23,25-32,34-44,46-48,50-54H2,1-2H3,(H,64,67)/b20-18-,24-15-,33-12+,49-45+. The van der Waals surface area contributed by atoms with E-state index in [4.69, 9.17) is 14.2 Å². The molecule has 0 radical (unpaired) electrons. The van der Waals surface area contributed by atoms with Crippen LogP contribution in [0.1, 0.15) is 277 Å². The molecule has 1 heterocycles. The van der Waals surface area contributed by atoms with Crippen LogP contribution in [-0.2, 0) is 23.8 Å². The number of hydrogen-bond acceptors (Lipinski definition) is 10. The van der Waals surface area contributed by atoms with Gasteiger partial charge in [-0.25, -0.2) is 0 Å². The summed E-state index contributed by atoms with van der Waals surface area (Å²) in [6, 6.07) is -0.832. The molecule has 1 saturated heterocycles. The summed E-state index contributed by atoms with van der Waals surface area (Å²) in [6.07, 6.45) is 56.6. The number of unbranched alkanes of at least 4 members (excludes halogenated alkanes) is 33. The van der Waals surface area contributed by atoms with Gasteiger partial charge in [0, 0.05) is 12.8 Å². The Morgan fingerprint density at radius 2 is 0.878 bits per heavy atom. The van der Waals surface area contributed by atoms with Crippen LogP contribution in [0.4, 0.5) is 0 Å². The van der Waals surface area contributed by atoms with E-state index in [1.54, 1.807) is 6.08 Å². The number of nitrogens with one attached hydrogen (secondary N) is 1. The predicted molar refractivity (Wildman–Crippen MR) is 306 cm³/mol. The van der Waals surface area contributed by atoms with E-state index in [-0.39, 0.29) is 18.5 Å². The molecule has 1 fully saturated rings. The Morgan fingerprint density at radius 1 is 0.486 bits per heavy atom. The minimum absolute atomic E-state index is 0.0114. The summed E-state index contributed by atoms with van der Waals surface area (Å²) in [5.74, 6) is -0.213. The van der Waals surface area contributed by atoms with E-state index in [1.165, 1.54) is 173 Å². The summed E-state index contributed by atoms with van der Waals surface area (Å²) in [5, 5.41) is 54.1. The lowest BCUT2D eigenvalue weighted by Crippen LogP contribution is -2.60. The monoisotopic (exact) mass is 1050 g/mol. The maximum atomic E-state index is 13.0. The lowest BCUT2D eigenvalue weighted by molar-refractivity contribution is -0.302. The zero-order valence-electron chi connectivity index (χ0n) is 47.6. The first-order valence-electron chi connectivity index (χ1n) is 30.9. The maximum absolute atomic E-state index is 13.0. The molecule has 0 aromatic rings. The van der Waals surface area contributed by atoms with Crippen LogP contribution in [0.2, 0.25) is 0 Å². The van der Waals surface area contributed by atoms with Gasteiger partial charge in [0.1, 0.15) is 24.4 Å². The van der Waals surface area contributed by atoms with Gasteiger partial charge < -0.3 is 45.1 Å². The van der Waals surface area contributed by atoms with Crippen molar-refractivity contribution in [3.8, 4) is 0 Å². The molecule has 1 rings (SSSR count). The van der Waals surface area contributed by atoms with E-state index in [0.717, 1.165) is 77.0 Å². The van der Waals surface area contributed by atoms with Gasteiger partial charge in [0.05, 0.1) is 32.0 Å². The van der Waals surface area contributed by atoms with Crippen molar-refractivity contribution in [3.05, 3.63) is 48.6 Å². The average Bonchev–Trinajstić information content (AvgIpc) is 3.40. The van der Waals surface area contributed by atoms with Crippen LogP contribution in [0.15, 0.2) is 48.6 Å². The highest BCUT2D eigenvalue weighted by Gasteiger charge is 2.44. The Kier molecular flexibility index (Phi) is 49.6. The molecule has 1 aliphatic rings. The number of carbonyl (C=O) groups excluding carboxylic acids is 2. The van der Waals surface area contributed by atoms with Crippen molar-refractivity contribution < 1.29 is 49.3 Å². The third-order valence-corrected chi connectivity index (χ3v) is 14.4. The summed E-state index contributed by atoms with van der Waals surface area (Å²) in [4.78, 5) is 25.0. The number of allylic oxidation sites excluding steroid dienone is 7. The molecule has 11 heteroatoms. The summed E-state index contributed by atoms with van der Waals surface area (Å²) in [6.45, 7) is 4.26. The Hall–Kier alpha value is -2.38. The lowest BCUT2D eigenvalue weighted by Gasteiger charge is -2.40. The first-order valence-corrected chi connectivity index (χ1v) is 30.9. The molecule has 0 aliphatic carbocycles. The van der Waals surface area contributed by atoms with Crippen molar-refractivity contribution in [2.24, 2.45) is 0 Å². The number of hydrogen-bond donors (Lipinski definition) is 6. The van der Waals surface area contributed by atoms with Gasteiger partial charge in [-0.2, -0.15) is 0 Å². The van der Waals surface area contributed by atoms with E-state index in [2.05, 4.69) is 55.6 Å². The Labute approximate surface area is 453 Å². The van der Waals surface area contributed by atoms with Gasteiger partial charge in [-0.05, 0) is 96.3 Å². The molecule has 0 aromatic carbocycles. The van der Waals surface area contributed by atoms with E-state index in [0.29, 0.717) is 19.4 Å². The van der Waals surface area contributed by atoms with Crippen LogP contribution in [0, 0.1) is 0 Å². The highest BCUT2D eigenvalue weighted by molar-refractivity contribution is 5.76. The molecule has 7 unspecified atom stereocenters. The van der Waals surface area contributed by atoms with E-state index >= 15 is 0 Å². The highest BCUT2D eigenvalue weighted by Crippen LogP contribution is 2.23. The van der Waals surface area contributed by atoms with Crippen molar-refractivity contribution >= 4 is 11.9 Å². The molecular formula is C63H115NO10. The molecule has 1 aliphatic heterocycles. The molecule has 6 N–H and O–H groups in total. The topological polar surface area (TPSA) is 175 Å². The first kappa shape index (κ1) is 69.6. The van der Waals surface area contributed by atoms with Crippen LogP contribution in [0.5, 0.6) is 0 Å². The number of amides is 1. The van der Waals surface area contributed by atoms with Gasteiger partial charge >= 0.3 is 5.97 Å². The first-order chi connectivity index (χ1) is 36.2. The van der Waals surface area contributed by atoms with Gasteiger partial charge in [-0.1, -0.05) is 217 Å². The maximum Gasteiger partial charge on any atom is 0.305 e. The van der Waals surface area contributed by atoms with Crippen LogP contribution >= 0.6 is 0 Å². The number of aliphatic hydroxyl groups is 5. The molecule has 0 saturated carbocycles. The minimum atomic E-state index is -1.58. The highest BCUT2D eigenvalue weighted by atomic mass is 16.7. The number of aliphatic hydroxyl groups excluding tert-OH is 5. The number of rotatable bonds is 53. The summed E-state index contributed by atoms with van der Waals surface area (Å²) < 4.78 is 16.7. The van der Waals surface area contributed by atoms with Crippen molar-refractivity contribution in [1.29, 1.82) is 0 Å². The molecule has 0 bridgehead atoms. The smallest absolute Gasteiger partial charge is 0.305 e. The largest absolute Gasteiger partial charge is 0.466 e. The fraction of sp³-hybridized carbons (Fsp3) is 0.841. The van der Waals surface area contributed by atoms with Crippen LogP contribution in [0.25, 0.3) is 0 Å². The molecule has 7 atom stereocenters. The lowest BCUT2D eigenvalue weighted by atomic mass is 9.99. The van der Waals surface area contributed by atoms with E-state index in [1.807, 2.05) is 6.08 Å². The zero-order valence-corrected chi connectivity index (χ0v) is 47.6. The van der Waals surface area contributed by atoms with Crippen molar-refractivity contribution in [2.75, 3.05) is 19.8 Å². The second-order valence-electron chi connectivity index (χ2n) is 21.4. The summed E-state index contributed by atoms with van der Waals surface area (Å²) in [5.41, 5.74) is 0. The average molecular weight is 1050 g/mol. The van der Waals surface area contributed by atoms with Crippen LogP contribution < -0.4 is 5.32 Å². The Morgan fingerprint density at radius 3 is 1.36 bits per heavy atom. The van der Waals surface area contributed by atoms with Gasteiger partial charge in [-0.3, -0.25) is 9.59 Å². The second-order valence-corrected chi connectivity index (χ2v) is 21.4. The predicted octanol–water partition coefficient (Wildman–Crippen LogP) is 14.5. The van der Waals surface area contributed by atoms with Gasteiger partial charge in [0.2, 0.25) is 5.91 Å². The molecule has 432 valence electrons. The quantitative estimate of drug-likeness (QED) is 0.0195. The SMILES string of the molecule is CCCCC/C=C/CC/C=C/C(O)C(COC1OC(CO)C(O)C(O)C1O)NC(=O)CCCCCCCCC/C=C\CCCCCCCCCCCCCOC(=O)CCCCCCC/C=C\CCCCCCCC. The zero-order chi connectivity index (χ0) is 53.8. The second kappa shape index (κ2) is 52.7. The summed E-state index contributed by atoms with van der Waals surface area (Å²) in [7, 11) is 0. The minimum Gasteiger partial charge on any atom is -0.466 e. The number of esters is 1. The summed E-state index contributed by atoms with van der Waals surface area (Å²) >= 11 is 0. The molecule has 74 heavy (non-hydrogen) atoms. The molecule has 1 amide bonds. The van der Waals surface area contributed by atoms with Gasteiger partial charge in [0.25, 0.3) is 0 Å². The third-order valence-electron chi connectivity index (χ3n) is 14.4. The number of ether oxygens (including phenoxy) is 3. The van der Waals surface area contributed by atoms with Crippen molar-refractivity contribution in [1.82, 2.24) is 5.32 Å². The van der Waals surface area contributed by atoms with E-state index < -0.39 is 49.5 Å². The normalized spacial score (nSPS) is 19.1. The molecular weight excluding hydrogens is 931 g/mol. The third kappa shape index (κ3) is 41.7. The molecule has 0 spiro atoms. The fourth-order valence-corrected chi connectivity index (χ4v) is 9.44. The van der Waals surface area contributed by atoms with Crippen molar-refractivity contribution in [3.63, 3.8) is 0 Å². The molecule has 11 nitrogen and oxygen atoms in total. The number of carbonyl (C=O) groups is 2.